The number of amides is 2. The van der Waals surface area contributed by atoms with Crippen LogP contribution in [0, 0.1) is 5.92 Å². The lowest BCUT2D eigenvalue weighted by molar-refractivity contribution is -0.132. The smallest absolute Gasteiger partial charge is 0.243 e. The van der Waals surface area contributed by atoms with Crippen molar-refractivity contribution in [1.82, 2.24) is 10.6 Å². The Hall–Kier alpha value is -4.08. The number of hydrogen-bond acceptors (Lipinski definition) is 6. The molecule has 0 spiro atoms. The number of nitrogens with two attached hydrogens (primary N) is 2. The van der Waals surface area contributed by atoms with Crippen molar-refractivity contribution in [3.05, 3.63) is 120 Å². The number of aliphatic hydroxyl groups is 2. The Bertz CT molecular complexity index is 1500. The van der Waals surface area contributed by atoms with E-state index in [0.29, 0.717) is 12.8 Å². The number of carbonyl (C=O) groups is 2. The van der Waals surface area contributed by atoms with Crippen LogP contribution in [0.2, 0.25) is 0 Å². The van der Waals surface area contributed by atoms with Gasteiger partial charge in [0.15, 0.2) is 0 Å². The summed E-state index contributed by atoms with van der Waals surface area (Å²) in [6, 6.07) is 29.4. The molecular formula is C36H44N4O4. The van der Waals surface area contributed by atoms with E-state index in [4.69, 9.17) is 11.5 Å². The number of fused-ring (bicyclic) bond motifs is 1. The first-order valence-corrected chi connectivity index (χ1v) is 15.2. The third kappa shape index (κ3) is 8.97. The van der Waals surface area contributed by atoms with Crippen LogP contribution in [0.4, 0.5) is 0 Å². The van der Waals surface area contributed by atoms with Crippen LogP contribution >= 0.6 is 0 Å². The molecule has 0 saturated carbocycles. The van der Waals surface area contributed by atoms with Crippen molar-refractivity contribution in [2.24, 2.45) is 17.4 Å². The summed E-state index contributed by atoms with van der Waals surface area (Å²) in [6.45, 7) is 3.65. The SMILES string of the molecule is CC(C)[C@H](NC(=O)C(N)Cc1ccc2ccccc2c1)C(=O)N[C@@H](Cc1ccccc1)[C@@H](O)[C@H](O)[C@@H](N)Cc1ccccc1. The molecule has 8 heteroatoms. The van der Waals surface area contributed by atoms with E-state index < -0.39 is 48.2 Å². The third-order valence-corrected chi connectivity index (χ3v) is 7.99. The second kappa shape index (κ2) is 15.6. The Labute approximate surface area is 259 Å². The Morgan fingerprint density at radius 1 is 0.636 bits per heavy atom. The molecule has 0 heterocycles. The van der Waals surface area contributed by atoms with Gasteiger partial charge in [0.05, 0.1) is 18.2 Å². The fourth-order valence-corrected chi connectivity index (χ4v) is 5.40. The quantitative estimate of drug-likeness (QED) is 0.132. The molecule has 44 heavy (non-hydrogen) atoms. The zero-order valence-corrected chi connectivity index (χ0v) is 25.3. The molecule has 4 aromatic rings. The van der Waals surface area contributed by atoms with E-state index in [0.717, 1.165) is 27.5 Å². The maximum atomic E-state index is 13.6. The number of aliphatic hydroxyl groups excluding tert-OH is 2. The lowest BCUT2D eigenvalue weighted by atomic mass is 9.91. The fraction of sp³-hybridized carbons (Fsp3) is 0.333. The summed E-state index contributed by atoms with van der Waals surface area (Å²) in [5.74, 6) is -1.20. The first-order valence-electron chi connectivity index (χ1n) is 15.2. The van der Waals surface area contributed by atoms with Crippen LogP contribution in [0.5, 0.6) is 0 Å². The van der Waals surface area contributed by atoms with Crippen LogP contribution in [0.3, 0.4) is 0 Å². The molecule has 0 fully saturated rings. The lowest BCUT2D eigenvalue weighted by Crippen LogP contribution is -2.60. The highest BCUT2D eigenvalue weighted by Crippen LogP contribution is 2.17. The monoisotopic (exact) mass is 596 g/mol. The normalized spacial score (nSPS) is 15.6. The molecule has 232 valence electrons. The van der Waals surface area contributed by atoms with Gasteiger partial charge in [0.2, 0.25) is 11.8 Å². The van der Waals surface area contributed by atoms with Crippen molar-refractivity contribution in [2.45, 2.75) is 69.5 Å². The van der Waals surface area contributed by atoms with E-state index in [1.807, 2.05) is 117 Å². The van der Waals surface area contributed by atoms with Gasteiger partial charge in [-0.3, -0.25) is 9.59 Å². The van der Waals surface area contributed by atoms with Gasteiger partial charge in [0, 0.05) is 6.04 Å². The van der Waals surface area contributed by atoms with Gasteiger partial charge < -0.3 is 32.3 Å². The summed E-state index contributed by atoms with van der Waals surface area (Å²) in [6.07, 6.45) is -1.76. The number of nitrogens with one attached hydrogen (secondary N) is 2. The van der Waals surface area contributed by atoms with Gasteiger partial charge in [-0.1, -0.05) is 117 Å². The molecule has 8 nitrogen and oxygen atoms in total. The highest BCUT2D eigenvalue weighted by atomic mass is 16.3. The van der Waals surface area contributed by atoms with Crippen LogP contribution in [0.25, 0.3) is 10.8 Å². The minimum Gasteiger partial charge on any atom is -0.389 e. The fourth-order valence-electron chi connectivity index (χ4n) is 5.40. The molecule has 2 amide bonds. The average Bonchev–Trinajstić information content (AvgIpc) is 3.03. The highest BCUT2D eigenvalue weighted by molar-refractivity contribution is 5.90. The van der Waals surface area contributed by atoms with Gasteiger partial charge in [0.25, 0.3) is 0 Å². The molecule has 4 rings (SSSR count). The predicted octanol–water partition coefficient (Wildman–Crippen LogP) is 2.87. The van der Waals surface area contributed by atoms with Crippen molar-refractivity contribution in [3.8, 4) is 0 Å². The van der Waals surface area contributed by atoms with Crippen LogP contribution in [-0.2, 0) is 28.9 Å². The highest BCUT2D eigenvalue weighted by Gasteiger charge is 2.34. The summed E-state index contributed by atoms with van der Waals surface area (Å²) >= 11 is 0. The van der Waals surface area contributed by atoms with Crippen molar-refractivity contribution < 1.29 is 19.8 Å². The standard InChI is InChI=1S/C36H44N4O4/c1-23(2)32(40-35(43)30(38)21-26-17-18-27-15-9-10-16-28(27)19-26)36(44)39-31(22-25-13-7-4-8-14-25)34(42)33(41)29(37)20-24-11-5-3-6-12-24/h3-19,23,29-34,41-42H,20-22,37-38H2,1-2H3,(H,39,44)(H,40,43)/t29-,30?,31-,32-,33+,34+/m0/s1. The Kier molecular flexibility index (Phi) is 11.6. The third-order valence-electron chi connectivity index (χ3n) is 7.99. The van der Waals surface area contributed by atoms with Crippen molar-refractivity contribution in [2.75, 3.05) is 0 Å². The first-order chi connectivity index (χ1) is 21.1. The molecule has 4 aromatic carbocycles. The van der Waals surface area contributed by atoms with E-state index in [2.05, 4.69) is 10.6 Å². The Morgan fingerprint density at radius 2 is 1.20 bits per heavy atom. The molecule has 0 aromatic heterocycles. The van der Waals surface area contributed by atoms with Crippen molar-refractivity contribution in [1.29, 1.82) is 0 Å². The number of rotatable bonds is 14. The van der Waals surface area contributed by atoms with E-state index in [9.17, 15) is 19.8 Å². The molecular weight excluding hydrogens is 552 g/mol. The molecule has 6 atom stereocenters. The van der Waals surface area contributed by atoms with Crippen LogP contribution in [0.1, 0.15) is 30.5 Å². The van der Waals surface area contributed by atoms with Gasteiger partial charge >= 0.3 is 0 Å². The average molecular weight is 597 g/mol. The maximum absolute atomic E-state index is 13.6. The van der Waals surface area contributed by atoms with Gasteiger partial charge in [0.1, 0.15) is 12.1 Å². The second-order valence-corrected chi connectivity index (χ2v) is 11.9. The second-order valence-electron chi connectivity index (χ2n) is 11.9. The minimum absolute atomic E-state index is 0.253. The van der Waals surface area contributed by atoms with E-state index >= 15 is 0 Å². The number of benzene rings is 4. The molecule has 0 aliphatic rings. The topological polar surface area (TPSA) is 151 Å². The Balaban J connectivity index is 1.45. The van der Waals surface area contributed by atoms with Crippen LogP contribution < -0.4 is 22.1 Å². The molecule has 0 saturated heterocycles. The molecule has 0 aliphatic carbocycles. The number of hydrogen-bond donors (Lipinski definition) is 6. The van der Waals surface area contributed by atoms with Crippen LogP contribution in [-0.4, -0.2) is 58.4 Å². The van der Waals surface area contributed by atoms with Crippen molar-refractivity contribution in [3.63, 3.8) is 0 Å². The molecule has 0 bridgehead atoms. The lowest BCUT2D eigenvalue weighted by Gasteiger charge is -2.33. The van der Waals surface area contributed by atoms with Crippen LogP contribution in [0.15, 0.2) is 103 Å². The molecule has 0 aliphatic heterocycles. The Morgan fingerprint density at radius 3 is 1.82 bits per heavy atom. The molecule has 1 unspecified atom stereocenters. The first kappa shape index (κ1) is 32.8. The summed E-state index contributed by atoms with van der Waals surface area (Å²) in [4.78, 5) is 26.8. The van der Waals surface area contributed by atoms with Gasteiger partial charge in [-0.2, -0.15) is 0 Å². The van der Waals surface area contributed by atoms with E-state index in [-0.39, 0.29) is 12.3 Å². The van der Waals surface area contributed by atoms with Crippen molar-refractivity contribution >= 4 is 22.6 Å². The number of carbonyl (C=O) groups excluding carboxylic acids is 2. The zero-order valence-electron chi connectivity index (χ0n) is 25.3. The van der Waals surface area contributed by atoms with E-state index in [1.165, 1.54) is 0 Å². The largest absolute Gasteiger partial charge is 0.389 e. The van der Waals surface area contributed by atoms with Gasteiger partial charge in [-0.05, 0) is 52.6 Å². The zero-order chi connectivity index (χ0) is 31.6. The maximum Gasteiger partial charge on any atom is 0.243 e. The van der Waals surface area contributed by atoms with Gasteiger partial charge in [-0.15, -0.1) is 0 Å². The summed E-state index contributed by atoms with van der Waals surface area (Å²) in [5, 5.41) is 30.3. The predicted molar refractivity (Wildman–Crippen MR) is 175 cm³/mol. The van der Waals surface area contributed by atoms with Gasteiger partial charge in [-0.25, -0.2) is 0 Å². The van der Waals surface area contributed by atoms with E-state index in [1.54, 1.807) is 0 Å². The minimum atomic E-state index is -1.36. The summed E-state index contributed by atoms with van der Waals surface area (Å²) in [5.41, 5.74) is 15.3. The molecule has 8 N–H and O–H groups in total. The molecule has 0 radical (unpaired) electrons. The summed E-state index contributed by atoms with van der Waals surface area (Å²) < 4.78 is 0. The summed E-state index contributed by atoms with van der Waals surface area (Å²) in [7, 11) is 0.